The van der Waals surface area contributed by atoms with Crippen LogP contribution in [0.5, 0.6) is 0 Å². The Morgan fingerprint density at radius 2 is 2.11 bits per heavy atom. The molecule has 1 N–H and O–H groups in total. The van der Waals surface area contributed by atoms with E-state index >= 15 is 0 Å². The van der Waals surface area contributed by atoms with E-state index in [1.54, 1.807) is 0 Å². The number of piperazine rings is 1. The SMILES string of the molecule is CCCC1C(=O)NCC(=O)N1CCOC(F)(F)F. The molecule has 0 aromatic rings. The van der Waals surface area contributed by atoms with Crippen LogP contribution in [-0.4, -0.2) is 48.8 Å². The minimum Gasteiger partial charge on any atom is -0.345 e. The molecule has 8 heteroatoms. The number of hydrogen-bond acceptors (Lipinski definition) is 3. The van der Waals surface area contributed by atoms with Crippen molar-refractivity contribution < 1.29 is 27.5 Å². The zero-order chi connectivity index (χ0) is 13.8. The fraction of sp³-hybridized carbons (Fsp3) is 0.800. The van der Waals surface area contributed by atoms with Crippen LogP contribution in [0.25, 0.3) is 0 Å². The summed E-state index contributed by atoms with van der Waals surface area (Å²) in [6.07, 6.45) is -3.65. The molecule has 0 aliphatic carbocycles. The van der Waals surface area contributed by atoms with E-state index in [4.69, 9.17) is 0 Å². The summed E-state index contributed by atoms with van der Waals surface area (Å²) >= 11 is 0. The number of carbonyl (C=O) groups is 2. The summed E-state index contributed by atoms with van der Waals surface area (Å²) in [4.78, 5) is 24.2. The maximum atomic E-state index is 11.8. The first-order valence-electron chi connectivity index (χ1n) is 5.63. The van der Waals surface area contributed by atoms with E-state index in [0.717, 1.165) is 4.90 Å². The molecule has 2 amide bonds. The molecule has 1 saturated heterocycles. The van der Waals surface area contributed by atoms with E-state index < -0.39 is 19.0 Å². The number of nitrogens with zero attached hydrogens (tertiary/aromatic N) is 1. The van der Waals surface area contributed by atoms with Crippen LogP contribution in [-0.2, 0) is 14.3 Å². The van der Waals surface area contributed by atoms with Gasteiger partial charge in [0.05, 0.1) is 13.2 Å². The predicted octanol–water partition coefficient (Wildman–Crippen LogP) is 0.650. The van der Waals surface area contributed by atoms with Crippen LogP contribution in [0, 0.1) is 0 Å². The average Bonchev–Trinajstić information content (AvgIpc) is 2.26. The van der Waals surface area contributed by atoms with Gasteiger partial charge in [0.15, 0.2) is 0 Å². The lowest BCUT2D eigenvalue weighted by molar-refractivity contribution is -0.325. The highest BCUT2D eigenvalue weighted by Crippen LogP contribution is 2.17. The van der Waals surface area contributed by atoms with Crippen molar-refractivity contribution in [3.63, 3.8) is 0 Å². The molecular weight excluding hydrogens is 253 g/mol. The van der Waals surface area contributed by atoms with E-state index in [9.17, 15) is 22.8 Å². The fourth-order valence-corrected chi connectivity index (χ4v) is 1.80. The zero-order valence-electron chi connectivity index (χ0n) is 9.92. The van der Waals surface area contributed by atoms with E-state index in [2.05, 4.69) is 10.1 Å². The van der Waals surface area contributed by atoms with Crippen molar-refractivity contribution in [2.45, 2.75) is 32.2 Å². The molecule has 0 radical (unpaired) electrons. The Morgan fingerprint density at radius 3 is 2.67 bits per heavy atom. The Hall–Kier alpha value is -1.31. The number of amides is 2. The monoisotopic (exact) mass is 268 g/mol. The molecular formula is C10H15F3N2O3. The molecule has 18 heavy (non-hydrogen) atoms. The number of alkyl halides is 3. The summed E-state index contributed by atoms with van der Waals surface area (Å²) in [5.41, 5.74) is 0. The number of ether oxygens (including phenoxy) is 1. The van der Waals surface area contributed by atoms with Gasteiger partial charge in [0.1, 0.15) is 6.04 Å². The van der Waals surface area contributed by atoms with Crippen molar-refractivity contribution in [2.24, 2.45) is 0 Å². The Bertz CT molecular complexity index is 320. The minimum atomic E-state index is -4.72. The van der Waals surface area contributed by atoms with Crippen molar-refractivity contribution in [1.82, 2.24) is 10.2 Å². The first kappa shape index (κ1) is 14.7. The van der Waals surface area contributed by atoms with Crippen molar-refractivity contribution in [2.75, 3.05) is 19.7 Å². The van der Waals surface area contributed by atoms with E-state index in [0.29, 0.717) is 12.8 Å². The van der Waals surface area contributed by atoms with Gasteiger partial charge in [0.25, 0.3) is 0 Å². The number of rotatable bonds is 5. The fourth-order valence-electron chi connectivity index (χ4n) is 1.80. The quantitative estimate of drug-likeness (QED) is 0.796. The van der Waals surface area contributed by atoms with Crippen LogP contribution in [0.15, 0.2) is 0 Å². The summed E-state index contributed by atoms with van der Waals surface area (Å²) < 4.78 is 39.1. The summed E-state index contributed by atoms with van der Waals surface area (Å²) in [5, 5.41) is 2.41. The Kier molecular flexibility index (Phi) is 4.94. The first-order chi connectivity index (χ1) is 8.35. The lowest BCUT2D eigenvalue weighted by Gasteiger charge is -2.34. The molecule has 0 aromatic carbocycles. The molecule has 104 valence electrons. The smallest absolute Gasteiger partial charge is 0.345 e. The summed E-state index contributed by atoms with van der Waals surface area (Å²) in [6, 6.07) is -0.701. The average molecular weight is 268 g/mol. The van der Waals surface area contributed by atoms with Gasteiger partial charge in [-0.3, -0.25) is 14.3 Å². The number of halogens is 3. The van der Waals surface area contributed by atoms with Gasteiger partial charge in [-0.05, 0) is 6.42 Å². The van der Waals surface area contributed by atoms with Gasteiger partial charge in [0.2, 0.25) is 11.8 Å². The van der Waals surface area contributed by atoms with E-state index in [1.807, 2.05) is 6.92 Å². The van der Waals surface area contributed by atoms with Gasteiger partial charge < -0.3 is 10.2 Å². The molecule has 0 spiro atoms. The molecule has 0 bridgehead atoms. The van der Waals surface area contributed by atoms with Gasteiger partial charge in [-0.2, -0.15) is 0 Å². The Balaban J connectivity index is 2.57. The lowest BCUT2D eigenvalue weighted by Crippen LogP contribution is -2.59. The third-order valence-electron chi connectivity index (χ3n) is 2.57. The second kappa shape index (κ2) is 6.03. The maximum absolute atomic E-state index is 11.8. The van der Waals surface area contributed by atoms with Crippen LogP contribution in [0.2, 0.25) is 0 Å². The Labute approximate surface area is 102 Å². The minimum absolute atomic E-state index is 0.176. The second-order valence-electron chi connectivity index (χ2n) is 3.90. The van der Waals surface area contributed by atoms with Crippen molar-refractivity contribution in [3.05, 3.63) is 0 Å². The molecule has 1 aliphatic heterocycles. The van der Waals surface area contributed by atoms with Gasteiger partial charge >= 0.3 is 6.36 Å². The van der Waals surface area contributed by atoms with Crippen LogP contribution in [0.4, 0.5) is 13.2 Å². The largest absolute Gasteiger partial charge is 0.522 e. The summed E-state index contributed by atoms with van der Waals surface area (Å²) in [6.45, 7) is 0.751. The zero-order valence-corrected chi connectivity index (χ0v) is 9.92. The first-order valence-corrected chi connectivity index (χ1v) is 5.63. The second-order valence-corrected chi connectivity index (χ2v) is 3.90. The highest BCUT2D eigenvalue weighted by Gasteiger charge is 2.35. The van der Waals surface area contributed by atoms with Gasteiger partial charge in [-0.1, -0.05) is 13.3 Å². The van der Waals surface area contributed by atoms with Gasteiger partial charge in [-0.25, -0.2) is 0 Å². The molecule has 1 atom stereocenters. The van der Waals surface area contributed by atoms with Crippen LogP contribution in [0.1, 0.15) is 19.8 Å². The molecule has 1 rings (SSSR count). The highest BCUT2D eigenvalue weighted by atomic mass is 19.4. The van der Waals surface area contributed by atoms with Crippen molar-refractivity contribution in [1.29, 1.82) is 0 Å². The third-order valence-corrected chi connectivity index (χ3v) is 2.57. The van der Waals surface area contributed by atoms with Crippen LogP contribution < -0.4 is 5.32 Å². The predicted molar refractivity (Wildman–Crippen MR) is 55.4 cm³/mol. The van der Waals surface area contributed by atoms with E-state index in [-0.39, 0.29) is 24.9 Å². The molecule has 1 aliphatic rings. The number of carbonyl (C=O) groups excluding carboxylic acids is 2. The Morgan fingerprint density at radius 1 is 1.44 bits per heavy atom. The summed E-state index contributed by atoms with van der Waals surface area (Å²) in [5.74, 6) is -0.720. The molecule has 1 heterocycles. The molecule has 0 aromatic heterocycles. The number of hydrogen-bond donors (Lipinski definition) is 1. The maximum Gasteiger partial charge on any atom is 0.522 e. The normalized spacial score (nSPS) is 21.1. The lowest BCUT2D eigenvalue weighted by atomic mass is 10.1. The standard InChI is InChI=1S/C10H15F3N2O3/c1-2-3-7-9(17)14-6-8(16)15(7)4-5-18-10(11,12)13/h7H,2-6H2,1H3,(H,14,17). The molecule has 1 fully saturated rings. The number of nitrogens with one attached hydrogen (secondary N) is 1. The molecule has 1 unspecified atom stereocenters. The van der Waals surface area contributed by atoms with Gasteiger partial charge in [-0.15, -0.1) is 13.2 Å². The highest BCUT2D eigenvalue weighted by molar-refractivity contribution is 5.94. The van der Waals surface area contributed by atoms with Crippen LogP contribution in [0.3, 0.4) is 0 Å². The summed E-state index contributed by atoms with van der Waals surface area (Å²) in [7, 11) is 0. The van der Waals surface area contributed by atoms with Gasteiger partial charge in [0, 0.05) is 6.54 Å². The van der Waals surface area contributed by atoms with E-state index in [1.165, 1.54) is 0 Å². The van der Waals surface area contributed by atoms with Crippen molar-refractivity contribution in [3.8, 4) is 0 Å². The third kappa shape index (κ3) is 4.17. The topological polar surface area (TPSA) is 58.6 Å². The molecule has 5 nitrogen and oxygen atoms in total. The van der Waals surface area contributed by atoms with Crippen molar-refractivity contribution >= 4 is 11.8 Å². The van der Waals surface area contributed by atoms with Crippen LogP contribution >= 0.6 is 0 Å². The molecule has 0 saturated carbocycles.